The second kappa shape index (κ2) is 10.3. The summed E-state index contributed by atoms with van der Waals surface area (Å²) in [4.78, 5) is 7.49. The van der Waals surface area contributed by atoms with Crippen molar-refractivity contribution in [1.82, 2.24) is 15.0 Å². The highest BCUT2D eigenvalue weighted by Crippen LogP contribution is 2.35. The molecule has 2 aromatic carbocycles. The van der Waals surface area contributed by atoms with Crippen molar-refractivity contribution in [2.24, 2.45) is 0 Å². The Kier molecular flexibility index (Phi) is 6.79. The van der Waals surface area contributed by atoms with Crippen LogP contribution in [0.2, 0.25) is 0 Å². The van der Waals surface area contributed by atoms with Gasteiger partial charge in [-0.15, -0.1) is 0 Å². The van der Waals surface area contributed by atoms with E-state index in [1.807, 2.05) is 24.3 Å². The number of benzene rings is 2. The minimum Gasteiger partial charge on any atom is -0.454 e. The van der Waals surface area contributed by atoms with Crippen LogP contribution >= 0.6 is 0 Å². The third-order valence-corrected chi connectivity index (χ3v) is 6.50. The van der Waals surface area contributed by atoms with Gasteiger partial charge < -0.3 is 18.9 Å². The smallest absolute Gasteiger partial charge is 0.231 e. The highest BCUT2D eigenvalue weighted by Gasteiger charge is 2.18. The number of hydrogen-bond donors (Lipinski definition) is 0. The fourth-order valence-electron chi connectivity index (χ4n) is 4.54. The van der Waals surface area contributed by atoms with E-state index in [4.69, 9.17) is 14.0 Å². The number of rotatable bonds is 9. The first-order chi connectivity index (χ1) is 16.3. The van der Waals surface area contributed by atoms with E-state index >= 15 is 0 Å². The average molecular weight is 449 g/mol. The Morgan fingerprint density at radius 3 is 2.58 bits per heavy atom. The molecule has 3 heterocycles. The maximum absolute atomic E-state index is 5.64. The van der Waals surface area contributed by atoms with Gasteiger partial charge in [-0.2, -0.15) is 0 Å². The van der Waals surface area contributed by atoms with Gasteiger partial charge in [-0.3, -0.25) is 9.80 Å². The zero-order valence-corrected chi connectivity index (χ0v) is 19.3. The number of hydrogen-bond acceptors (Lipinski definition) is 7. The molecule has 1 aromatic heterocycles. The Morgan fingerprint density at radius 1 is 0.939 bits per heavy atom. The minimum atomic E-state index is 0.275. The number of piperazine rings is 1. The summed E-state index contributed by atoms with van der Waals surface area (Å²) in [5.41, 5.74) is 3.14. The summed E-state index contributed by atoms with van der Waals surface area (Å²) >= 11 is 0. The SMILES string of the molecule is CCN(CCCN1CCN(c2ccccc2)CC1)Cc1cc(-c2ccc3c(c2)OCO3)no1. The predicted molar refractivity (Wildman–Crippen MR) is 129 cm³/mol. The van der Waals surface area contributed by atoms with E-state index in [0.717, 1.165) is 87.3 Å². The van der Waals surface area contributed by atoms with Gasteiger partial charge in [-0.1, -0.05) is 30.3 Å². The summed E-state index contributed by atoms with van der Waals surface area (Å²) in [7, 11) is 0. The molecule has 3 aromatic rings. The second-order valence-electron chi connectivity index (χ2n) is 8.63. The fraction of sp³-hybridized carbons (Fsp3) is 0.423. The summed E-state index contributed by atoms with van der Waals surface area (Å²) in [6.07, 6.45) is 1.16. The summed E-state index contributed by atoms with van der Waals surface area (Å²) in [5, 5.41) is 4.27. The van der Waals surface area contributed by atoms with Crippen molar-refractivity contribution in [3.8, 4) is 22.8 Å². The first-order valence-electron chi connectivity index (χ1n) is 11.9. The molecule has 174 valence electrons. The fourth-order valence-corrected chi connectivity index (χ4v) is 4.54. The molecular formula is C26H32N4O3. The van der Waals surface area contributed by atoms with Crippen LogP contribution in [0.15, 0.2) is 59.1 Å². The molecule has 2 aliphatic heterocycles. The Balaban J connectivity index is 1.07. The van der Waals surface area contributed by atoms with E-state index in [1.165, 1.54) is 5.69 Å². The molecule has 0 aliphatic carbocycles. The van der Waals surface area contributed by atoms with Crippen LogP contribution < -0.4 is 14.4 Å². The molecule has 0 N–H and O–H groups in total. The lowest BCUT2D eigenvalue weighted by atomic mass is 10.1. The molecule has 1 saturated heterocycles. The normalized spacial score (nSPS) is 16.0. The minimum absolute atomic E-state index is 0.275. The van der Waals surface area contributed by atoms with Crippen LogP contribution in [0.5, 0.6) is 11.5 Å². The molecule has 0 saturated carbocycles. The van der Waals surface area contributed by atoms with Crippen molar-refractivity contribution in [3.05, 3.63) is 60.4 Å². The molecule has 2 aliphatic rings. The molecule has 0 radical (unpaired) electrons. The highest BCUT2D eigenvalue weighted by atomic mass is 16.7. The number of para-hydroxylation sites is 1. The maximum atomic E-state index is 5.64. The van der Waals surface area contributed by atoms with Gasteiger partial charge in [0.25, 0.3) is 0 Å². The highest BCUT2D eigenvalue weighted by molar-refractivity contribution is 5.64. The summed E-state index contributed by atoms with van der Waals surface area (Å²) < 4.78 is 16.5. The van der Waals surface area contributed by atoms with Crippen molar-refractivity contribution in [2.45, 2.75) is 19.9 Å². The monoisotopic (exact) mass is 448 g/mol. The van der Waals surface area contributed by atoms with Crippen LogP contribution in [0.4, 0.5) is 5.69 Å². The average Bonchev–Trinajstić information content (AvgIpc) is 3.53. The number of fused-ring (bicyclic) bond motifs is 1. The van der Waals surface area contributed by atoms with Crippen molar-refractivity contribution in [2.75, 3.05) is 57.5 Å². The Bertz CT molecular complexity index is 1030. The summed E-state index contributed by atoms with van der Waals surface area (Å²) in [5.74, 6) is 2.43. The Morgan fingerprint density at radius 2 is 1.76 bits per heavy atom. The number of nitrogens with zero attached hydrogens (tertiary/aromatic N) is 4. The van der Waals surface area contributed by atoms with Crippen LogP contribution in [0, 0.1) is 0 Å². The standard InChI is InChI=1S/C26H32N4O3/c1-2-28(11-6-12-29-13-15-30(16-14-29)22-7-4-3-5-8-22)19-23-18-24(27-33-23)21-9-10-25-26(17-21)32-20-31-25/h3-5,7-10,17-18H,2,6,11-16,19-20H2,1H3. The van der Waals surface area contributed by atoms with Crippen molar-refractivity contribution in [3.63, 3.8) is 0 Å². The lowest BCUT2D eigenvalue weighted by molar-refractivity contribution is 0.174. The van der Waals surface area contributed by atoms with Gasteiger partial charge >= 0.3 is 0 Å². The van der Waals surface area contributed by atoms with E-state index in [-0.39, 0.29) is 6.79 Å². The van der Waals surface area contributed by atoms with Crippen LogP contribution in [-0.4, -0.2) is 67.6 Å². The maximum Gasteiger partial charge on any atom is 0.231 e. The molecular weight excluding hydrogens is 416 g/mol. The van der Waals surface area contributed by atoms with Crippen LogP contribution in [0.3, 0.4) is 0 Å². The van der Waals surface area contributed by atoms with Gasteiger partial charge in [-0.05, 0) is 56.4 Å². The van der Waals surface area contributed by atoms with Gasteiger partial charge in [0.15, 0.2) is 17.3 Å². The van der Waals surface area contributed by atoms with Gasteiger partial charge in [0.1, 0.15) is 5.69 Å². The first-order valence-corrected chi connectivity index (χ1v) is 11.9. The number of anilines is 1. The molecule has 0 spiro atoms. The summed E-state index contributed by atoms with van der Waals surface area (Å²) in [6.45, 7) is 10.9. The van der Waals surface area contributed by atoms with Crippen molar-refractivity contribution in [1.29, 1.82) is 0 Å². The van der Waals surface area contributed by atoms with Gasteiger partial charge in [0.2, 0.25) is 6.79 Å². The van der Waals surface area contributed by atoms with Crippen LogP contribution in [-0.2, 0) is 6.54 Å². The molecule has 0 bridgehead atoms. The van der Waals surface area contributed by atoms with E-state index < -0.39 is 0 Å². The first kappa shape index (κ1) is 21.8. The van der Waals surface area contributed by atoms with Crippen LogP contribution in [0.25, 0.3) is 11.3 Å². The Hall–Kier alpha value is -3.03. The van der Waals surface area contributed by atoms with E-state index in [9.17, 15) is 0 Å². The van der Waals surface area contributed by atoms with Gasteiger partial charge in [0.05, 0.1) is 6.54 Å². The Labute approximate surface area is 195 Å². The van der Waals surface area contributed by atoms with Crippen molar-refractivity contribution < 1.29 is 14.0 Å². The number of aromatic nitrogens is 1. The third kappa shape index (κ3) is 5.31. The summed E-state index contributed by atoms with van der Waals surface area (Å²) in [6, 6.07) is 18.6. The lowest BCUT2D eigenvalue weighted by Crippen LogP contribution is -2.47. The zero-order chi connectivity index (χ0) is 22.5. The molecule has 1 fully saturated rings. The molecule has 0 unspecified atom stereocenters. The molecule has 7 nitrogen and oxygen atoms in total. The molecule has 0 amide bonds. The molecule has 33 heavy (non-hydrogen) atoms. The predicted octanol–water partition coefficient (Wildman–Crippen LogP) is 4.10. The van der Waals surface area contributed by atoms with Gasteiger partial charge in [-0.25, -0.2) is 0 Å². The number of ether oxygens (including phenoxy) is 2. The second-order valence-corrected chi connectivity index (χ2v) is 8.63. The third-order valence-electron chi connectivity index (χ3n) is 6.50. The zero-order valence-electron chi connectivity index (χ0n) is 19.3. The van der Waals surface area contributed by atoms with E-state index in [1.54, 1.807) is 0 Å². The molecule has 5 rings (SSSR count). The topological polar surface area (TPSA) is 54.2 Å². The van der Waals surface area contributed by atoms with E-state index in [2.05, 4.69) is 57.1 Å². The lowest BCUT2D eigenvalue weighted by Gasteiger charge is -2.36. The van der Waals surface area contributed by atoms with Gasteiger partial charge in [0, 0.05) is 43.5 Å². The largest absolute Gasteiger partial charge is 0.454 e. The van der Waals surface area contributed by atoms with Crippen molar-refractivity contribution >= 4 is 5.69 Å². The van der Waals surface area contributed by atoms with Crippen LogP contribution in [0.1, 0.15) is 19.1 Å². The molecule has 0 atom stereocenters. The molecule has 7 heteroatoms. The van der Waals surface area contributed by atoms with E-state index in [0.29, 0.717) is 0 Å². The quantitative estimate of drug-likeness (QED) is 0.488.